The van der Waals surface area contributed by atoms with Crippen LogP contribution in [0.1, 0.15) is 33.1 Å². The fourth-order valence-electron chi connectivity index (χ4n) is 4.72. The largest absolute Gasteiger partial charge is 0.465 e. The minimum Gasteiger partial charge on any atom is -0.465 e. The van der Waals surface area contributed by atoms with Crippen molar-refractivity contribution in [2.24, 2.45) is 0 Å². The van der Waals surface area contributed by atoms with E-state index in [1.807, 2.05) is 85.8 Å². The number of para-hydroxylation sites is 1. The third-order valence-electron chi connectivity index (χ3n) is 6.84. The molecule has 0 saturated heterocycles. The molecule has 1 aromatic heterocycles. The van der Waals surface area contributed by atoms with Crippen LogP contribution in [0.5, 0.6) is 0 Å². The summed E-state index contributed by atoms with van der Waals surface area (Å²) in [7, 11) is 1.31. The van der Waals surface area contributed by atoms with Crippen LogP contribution in [0, 0.1) is 6.92 Å². The van der Waals surface area contributed by atoms with Crippen LogP contribution in [0.25, 0.3) is 11.0 Å². The first kappa shape index (κ1) is 27.3. The van der Waals surface area contributed by atoms with Gasteiger partial charge >= 0.3 is 5.97 Å². The molecule has 9 nitrogen and oxygen atoms in total. The second-order valence-electron chi connectivity index (χ2n) is 9.50. The number of esters is 1. The summed E-state index contributed by atoms with van der Waals surface area (Å²) in [4.78, 5) is 41.8. The van der Waals surface area contributed by atoms with Gasteiger partial charge in [0.1, 0.15) is 18.1 Å². The molecule has 0 fully saturated rings. The minimum absolute atomic E-state index is 0.159. The summed E-state index contributed by atoms with van der Waals surface area (Å²) in [6, 6.07) is 29.8. The van der Waals surface area contributed by atoms with Crippen molar-refractivity contribution < 1.29 is 19.1 Å². The van der Waals surface area contributed by atoms with Crippen molar-refractivity contribution in [3.63, 3.8) is 0 Å². The van der Waals surface area contributed by atoms with Crippen molar-refractivity contribution in [3.05, 3.63) is 125 Å². The molecule has 41 heavy (non-hydrogen) atoms. The fourth-order valence-corrected chi connectivity index (χ4v) is 4.72. The minimum atomic E-state index is -1.01. The van der Waals surface area contributed by atoms with Crippen molar-refractivity contribution in [2.75, 3.05) is 12.0 Å². The number of aromatic nitrogens is 3. The smallest absolute Gasteiger partial charge is 0.337 e. The Morgan fingerprint density at radius 1 is 0.878 bits per heavy atom. The number of carbonyl (C=O) groups excluding carboxylic acids is 3. The second kappa shape index (κ2) is 12.3. The Morgan fingerprint density at radius 3 is 2.29 bits per heavy atom. The van der Waals surface area contributed by atoms with Crippen LogP contribution in [-0.4, -0.2) is 39.9 Å². The summed E-state index contributed by atoms with van der Waals surface area (Å²) in [5.41, 5.74) is 4.57. The maximum atomic E-state index is 14.2. The van der Waals surface area contributed by atoms with E-state index in [1.165, 1.54) is 16.7 Å². The average Bonchev–Trinajstić information content (AvgIpc) is 3.42. The van der Waals surface area contributed by atoms with Gasteiger partial charge in [0, 0.05) is 12.2 Å². The van der Waals surface area contributed by atoms with Crippen LogP contribution in [0.4, 0.5) is 5.69 Å². The Balaban J connectivity index is 1.58. The van der Waals surface area contributed by atoms with Crippen molar-refractivity contribution in [2.45, 2.75) is 26.1 Å². The van der Waals surface area contributed by atoms with Crippen molar-refractivity contribution >= 4 is 34.5 Å². The lowest BCUT2D eigenvalue weighted by Gasteiger charge is -2.32. The van der Waals surface area contributed by atoms with E-state index >= 15 is 0 Å². The molecule has 5 aromatic rings. The molecule has 206 valence electrons. The molecule has 9 heteroatoms. The standard InChI is InChI=1S/C32H29N5O4/c1-22-10-6-7-13-26(22)30(31(39)33-20-23-11-4-3-5-12-23)37(25-18-16-24(17-19-25)32(40)41-2)29(38)21-36-28-15-9-8-14-27(28)34-35-36/h3-19,30H,20-21H2,1-2H3,(H,33,39)/t30-/m0/s1. The monoisotopic (exact) mass is 547 g/mol. The van der Waals surface area contributed by atoms with Gasteiger partial charge in [-0.25, -0.2) is 9.48 Å². The first-order valence-corrected chi connectivity index (χ1v) is 13.1. The zero-order valence-electron chi connectivity index (χ0n) is 22.7. The summed E-state index contributed by atoms with van der Waals surface area (Å²) in [6.07, 6.45) is 0. The Kier molecular flexibility index (Phi) is 8.15. The number of ether oxygens (including phenoxy) is 1. The maximum Gasteiger partial charge on any atom is 0.337 e. The second-order valence-corrected chi connectivity index (χ2v) is 9.50. The van der Waals surface area contributed by atoms with E-state index in [-0.39, 0.29) is 18.4 Å². The number of carbonyl (C=O) groups is 3. The van der Waals surface area contributed by atoms with Crippen molar-refractivity contribution in [1.82, 2.24) is 20.3 Å². The van der Waals surface area contributed by atoms with Gasteiger partial charge in [-0.2, -0.15) is 0 Å². The van der Waals surface area contributed by atoms with Crippen LogP contribution in [0.2, 0.25) is 0 Å². The number of hydrogen-bond donors (Lipinski definition) is 1. The molecule has 2 amide bonds. The van der Waals surface area contributed by atoms with Crippen LogP contribution >= 0.6 is 0 Å². The Hall–Kier alpha value is -5.31. The summed E-state index contributed by atoms with van der Waals surface area (Å²) < 4.78 is 6.36. The Morgan fingerprint density at radius 2 is 1.56 bits per heavy atom. The summed E-state index contributed by atoms with van der Waals surface area (Å²) in [5.74, 6) is -1.23. The molecule has 0 saturated carbocycles. The Labute approximate surface area is 237 Å². The van der Waals surface area contributed by atoms with Crippen molar-refractivity contribution in [1.29, 1.82) is 0 Å². The molecule has 1 heterocycles. The van der Waals surface area contributed by atoms with Gasteiger partial charge in [0.2, 0.25) is 11.8 Å². The molecule has 0 aliphatic heterocycles. The molecule has 0 bridgehead atoms. The molecule has 0 aliphatic rings. The van der Waals surface area contributed by atoms with Gasteiger partial charge in [0.15, 0.2) is 0 Å². The summed E-state index contributed by atoms with van der Waals surface area (Å²) in [5, 5.41) is 11.4. The molecule has 0 radical (unpaired) electrons. The van der Waals surface area contributed by atoms with Gasteiger partial charge in [-0.15, -0.1) is 5.10 Å². The van der Waals surface area contributed by atoms with E-state index < -0.39 is 12.0 Å². The number of hydrogen-bond acceptors (Lipinski definition) is 6. The quantitative estimate of drug-likeness (QED) is 0.270. The third-order valence-corrected chi connectivity index (χ3v) is 6.84. The number of fused-ring (bicyclic) bond motifs is 1. The average molecular weight is 548 g/mol. The predicted octanol–water partition coefficient (Wildman–Crippen LogP) is 4.62. The number of amides is 2. The molecular formula is C32H29N5O4. The highest BCUT2D eigenvalue weighted by molar-refractivity contribution is 6.02. The number of nitrogens with one attached hydrogen (secondary N) is 1. The first-order valence-electron chi connectivity index (χ1n) is 13.1. The SMILES string of the molecule is COC(=O)c1ccc(N(C(=O)Cn2nnc3ccccc32)[C@H](C(=O)NCc2ccccc2)c2ccccc2C)cc1. The molecule has 0 spiro atoms. The fraction of sp³-hybridized carbons (Fsp3) is 0.156. The zero-order chi connectivity index (χ0) is 28.8. The van der Waals surface area contributed by atoms with E-state index in [2.05, 4.69) is 15.6 Å². The molecule has 1 N–H and O–H groups in total. The van der Waals surface area contributed by atoms with E-state index in [1.54, 1.807) is 24.3 Å². The summed E-state index contributed by atoms with van der Waals surface area (Å²) >= 11 is 0. The lowest BCUT2D eigenvalue weighted by atomic mass is 9.97. The molecular weight excluding hydrogens is 518 g/mol. The lowest BCUT2D eigenvalue weighted by Crippen LogP contribution is -2.45. The van der Waals surface area contributed by atoms with E-state index in [0.717, 1.165) is 11.1 Å². The van der Waals surface area contributed by atoms with E-state index in [0.29, 0.717) is 34.4 Å². The zero-order valence-corrected chi connectivity index (χ0v) is 22.7. The number of anilines is 1. The molecule has 5 rings (SSSR count). The van der Waals surface area contributed by atoms with Crippen molar-refractivity contribution in [3.8, 4) is 0 Å². The number of rotatable bonds is 9. The van der Waals surface area contributed by atoms with E-state index in [4.69, 9.17) is 4.74 Å². The summed E-state index contributed by atoms with van der Waals surface area (Å²) in [6.45, 7) is 2.04. The number of methoxy groups -OCH3 is 1. The lowest BCUT2D eigenvalue weighted by molar-refractivity contribution is -0.127. The van der Waals surface area contributed by atoms with E-state index in [9.17, 15) is 14.4 Å². The molecule has 1 atom stereocenters. The van der Waals surface area contributed by atoms with Gasteiger partial charge in [-0.05, 0) is 60.0 Å². The van der Waals surface area contributed by atoms with Gasteiger partial charge in [-0.3, -0.25) is 14.5 Å². The van der Waals surface area contributed by atoms with Crippen LogP contribution in [0.3, 0.4) is 0 Å². The number of benzene rings is 4. The third kappa shape index (κ3) is 5.99. The molecule has 0 aliphatic carbocycles. The topological polar surface area (TPSA) is 106 Å². The number of aryl methyl sites for hydroxylation is 1. The van der Waals surface area contributed by atoms with Crippen LogP contribution in [-0.2, 0) is 27.4 Å². The maximum absolute atomic E-state index is 14.2. The van der Waals surface area contributed by atoms with Gasteiger partial charge in [0.25, 0.3) is 0 Å². The Bertz CT molecular complexity index is 1680. The molecule has 0 unspecified atom stereocenters. The highest BCUT2D eigenvalue weighted by Crippen LogP contribution is 2.31. The van der Waals surface area contributed by atoms with Crippen LogP contribution < -0.4 is 10.2 Å². The normalized spacial score (nSPS) is 11.6. The first-order chi connectivity index (χ1) is 20.0. The van der Waals surface area contributed by atoms with Gasteiger partial charge in [0.05, 0.1) is 18.2 Å². The van der Waals surface area contributed by atoms with Crippen LogP contribution in [0.15, 0.2) is 103 Å². The highest BCUT2D eigenvalue weighted by Gasteiger charge is 2.34. The highest BCUT2D eigenvalue weighted by atomic mass is 16.5. The van der Waals surface area contributed by atoms with Gasteiger partial charge in [-0.1, -0.05) is 71.9 Å². The molecule has 4 aromatic carbocycles. The number of nitrogens with zero attached hydrogens (tertiary/aromatic N) is 4. The van der Waals surface area contributed by atoms with Gasteiger partial charge < -0.3 is 10.1 Å². The predicted molar refractivity (Wildman–Crippen MR) is 155 cm³/mol.